The van der Waals surface area contributed by atoms with E-state index in [1.807, 2.05) is 42.5 Å². The van der Waals surface area contributed by atoms with Gasteiger partial charge in [0, 0.05) is 11.8 Å². The maximum absolute atomic E-state index is 11.2. The predicted molar refractivity (Wildman–Crippen MR) is 98.5 cm³/mol. The van der Waals surface area contributed by atoms with Gasteiger partial charge < -0.3 is 14.8 Å². The number of nitrogens with one attached hydrogen (secondary N) is 2. The number of methoxy groups -OCH3 is 2. The van der Waals surface area contributed by atoms with Crippen molar-refractivity contribution in [3.8, 4) is 5.75 Å². The lowest BCUT2D eigenvalue weighted by Gasteiger charge is -2.10. The summed E-state index contributed by atoms with van der Waals surface area (Å²) in [6.45, 7) is 0. The van der Waals surface area contributed by atoms with Crippen molar-refractivity contribution in [3.63, 3.8) is 0 Å². The Morgan fingerprint density at radius 1 is 1.12 bits per heavy atom. The van der Waals surface area contributed by atoms with Gasteiger partial charge in [0.15, 0.2) is 5.11 Å². The van der Waals surface area contributed by atoms with E-state index in [9.17, 15) is 4.79 Å². The lowest BCUT2D eigenvalue weighted by atomic mass is 10.2. The lowest BCUT2D eigenvalue weighted by molar-refractivity contribution is 0.177. The van der Waals surface area contributed by atoms with Gasteiger partial charge in [-0.3, -0.25) is 10.3 Å². The molecule has 2 N–H and O–H groups in total. The molecule has 2 aromatic carbocycles. The minimum atomic E-state index is -0.637. The van der Waals surface area contributed by atoms with Gasteiger partial charge in [0.2, 0.25) is 0 Å². The fourth-order valence-corrected chi connectivity index (χ4v) is 2.09. The van der Waals surface area contributed by atoms with E-state index in [1.165, 1.54) is 7.11 Å². The van der Waals surface area contributed by atoms with Gasteiger partial charge in [-0.2, -0.15) is 0 Å². The van der Waals surface area contributed by atoms with Crippen LogP contribution in [0.25, 0.3) is 0 Å². The summed E-state index contributed by atoms with van der Waals surface area (Å²) >= 11 is 5.06. The van der Waals surface area contributed by atoms with Crippen molar-refractivity contribution in [1.82, 2.24) is 5.32 Å². The van der Waals surface area contributed by atoms with E-state index < -0.39 is 6.09 Å². The van der Waals surface area contributed by atoms with Crippen LogP contribution in [0.15, 0.2) is 53.5 Å². The monoisotopic (exact) mass is 343 g/mol. The molecule has 0 fully saturated rings. The fraction of sp³-hybridized carbons (Fsp3) is 0.118. The lowest BCUT2D eigenvalue weighted by Crippen LogP contribution is -2.33. The average molecular weight is 343 g/mol. The van der Waals surface area contributed by atoms with Gasteiger partial charge in [-0.05, 0) is 36.5 Å². The molecule has 124 valence electrons. The molecule has 2 rings (SSSR count). The summed E-state index contributed by atoms with van der Waals surface area (Å²) < 4.78 is 9.79. The number of benzene rings is 2. The fourth-order valence-electron chi connectivity index (χ4n) is 1.90. The van der Waals surface area contributed by atoms with E-state index in [0.29, 0.717) is 11.4 Å². The minimum absolute atomic E-state index is 0.127. The summed E-state index contributed by atoms with van der Waals surface area (Å²) in [5.74, 6) is 0.731. The van der Waals surface area contributed by atoms with Crippen LogP contribution in [-0.2, 0) is 4.74 Å². The van der Waals surface area contributed by atoms with Crippen LogP contribution in [0.2, 0.25) is 0 Å². The van der Waals surface area contributed by atoms with E-state index in [2.05, 4.69) is 20.4 Å². The molecule has 1 amide bonds. The van der Waals surface area contributed by atoms with E-state index >= 15 is 0 Å². The zero-order chi connectivity index (χ0) is 17.4. The number of carbonyl (C=O) groups is 1. The van der Waals surface area contributed by atoms with Crippen LogP contribution < -0.4 is 15.4 Å². The third-order valence-corrected chi connectivity index (χ3v) is 3.24. The zero-order valence-corrected chi connectivity index (χ0v) is 14.1. The number of carbonyl (C=O) groups excluding carboxylic acids is 1. The molecule has 0 saturated heterocycles. The summed E-state index contributed by atoms with van der Waals surface area (Å²) in [7, 11) is 2.88. The number of hydrogen-bond donors (Lipinski definition) is 2. The Kier molecular flexibility index (Phi) is 6.27. The Balaban J connectivity index is 2.18. The first-order valence-electron chi connectivity index (χ1n) is 7.06. The van der Waals surface area contributed by atoms with E-state index in [4.69, 9.17) is 17.0 Å². The molecule has 0 aliphatic carbocycles. The van der Waals surface area contributed by atoms with E-state index in [0.717, 1.165) is 11.3 Å². The van der Waals surface area contributed by atoms with Crippen LogP contribution in [-0.4, -0.2) is 31.6 Å². The quantitative estimate of drug-likeness (QED) is 0.657. The number of amides is 1. The molecular weight excluding hydrogens is 326 g/mol. The molecule has 0 radical (unpaired) electrons. The van der Waals surface area contributed by atoms with Crippen LogP contribution >= 0.6 is 12.2 Å². The van der Waals surface area contributed by atoms with Crippen LogP contribution in [0.3, 0.4) is 0 Å². The van der Waals surface area contributed by atoms with Crippen molar-refractivity contribution in [1.29, 1.82) is 0 Å². The highest BCUT2D eigenvalue weighted by Gasteiger charge is 2.06. The van der Waals surface area contributed by atoms with Gasteiger partial charge in [-0.15, -0.1) is 0 Å². The molecule has 6 nitrogen and oxygen atoms in total. The minimum Gasteiger partial charge on any atom is -0.496 e. The molecule has 0 heterocycles. The molecule has 0 bridgehead atoms. The van der Waals surface area contributed by atoms with E-state index in [1.54, 1.807) is 19.4 Å². The first-order chi connectivity index (χ1) is 11.6. The Labute approximate surface area is 145 Å². The van der Waals surface area contributed by atoms with Gasteiger partial charge >= 0.3 is 6.09 Å². The SMILES string of the molecule is COC(=O)NC(=S)Nc1ccccc1/N=C/c1ccccc1OC. The van der Waals surface area contributed by atoms with Crippen molar-refractivity contribution in [2.24, 2.45) is 4.99 Å². The summed E-state index contributed by atoms with van der Waals surface area (Å²) in [5.41, 5.74) is 2.17. The summed E-state index contributed by atoms with van der Waals surface area (Å²) in [6, 6.07) is 14.9. The first-order valence-corrected chi connectivity index (χ1v) is 7.47. The number of para-hydroxylation sites is 3. The predicted octanol–water partition coefficient (Wildman–Crippen LogP) is 3.50. The van der Waals surface area contributed by atoms with Gasteiger partial charge in [0.05, 0.1) is 25.6 Å². The van der Waals surface area contributed by atoms with Crippen molar-refractivity contribution >= 4 is 41.0 Å². The van der Waals surface area contributed by atoms with Gasteiger partial charge in [-0.25, -0.2) is 4.79 Å². The number of anilines is 1. The molecule has 0 spiro atoms. The second-order valence-electron chi connectivity index (χ2n) is 4.59. The molecule has 2 aromatic rings. The standard InChI is InChI=1S/C17H17N3O3S/c1-22-15-10-6-3-7-12(15)11-18-13-8-4-5-9-14(13)19-16(24)20-17(21)23-2/h3-11H,1-2H3,(H2,19,20,21,24)/b18-11+. The van der Waals surface area contributed by atoms with Gasteiger partial charge in [-0.1, -0.05) is 24.3 Å². The third kappa shape index (κ3) is 4.79. The van der Waals surface area contributed by atoms with Gasteiger partial charge in [0.25, 0.3) is 0 Å². The van der Waals surface area contributed by atoms with Crippen LogP contribution in [0.1, 0.15) is 5.56 Å². The number of rotatable bonds is 4. The average Bonchev–Trinajstić information content (AvgIpc) is 2.61. The maximum Gasteiger partial charge on any atom is 0.413 e. The molecule has 0 saturated carbocycles. The topological polar surface area (TPSA) is 72.0 Å². The summed E-state index contributed by atoms with van der Waals surface area (Å²) in [4.78, 5) is 15.6. The largest absolute Gasteiger partial charge is 0.496 e. The maximum atomic E-state index is 11.2. The molecule has 0 aliphatic rings. The number of thiocarbonyl (C=S) groups is 1. The Morgan fingerprint density at radius 2 is 1.83 bits per heavy atom. The molecule has 0 aliphatic heterocycles. The Morgan fingerprint density at radius 3 is 2.58 bits per heavy atom. The third-order valence-electron chi connectivity index (χ3n) is 3.03. The molecule has 0 aromatic heterocycles. The smallest absolute Gasteiger partial charge is 0.413 e. The number of aliphatic imine (C=N–C) groups is 1. The highest BCUT2D eigenvalue weighted by atomic mass is 32.1. The normalized spacial score (nSPS) is 10.2. The molecular formula is C17H17N3O3S. The second kappa shape index (κ2) is 8.64. The molecule has 0 unspecified atom stereocenters. The van der Waals surface area contributed by atoms with Crippen LogP contribution in [0, 0.1) is 0 Å². The number of hydrogen-bond acceptors (Lipinski definition) is 5. The van der Waals surface area contributed by atoms with Crippen LogP contribution in [0.4, 0.5) is 16.2 Å². The van der Waals surface area contributed by atoms with Crippen molar-refractivity contribution in [3.05, 3.63) is 54.1 Å². The summed E-state index contributed by atoms with van der Waals surface area (Å²) in [6.07, 6.45) is 1.07. The summed E-state index contributed by atoms with van der Waals surface area (Å²) in [5, 5.41) is 5.43. The highest BCUT2D eigenvalue weighted by molar-refractivity contribution is 7.80. The van der Waals surface area contributed by atoms with E-state index in [-0.39, 0.29) is 5.11 Å². The second-order valence-corrected chi connectivity index (χ2v) is 5.00. The van der Waals surface area contributed by atoms with Crippen LogP contribution in [0.5, 0.6) is 5.75 Å². The highest BCUT2D eigenvalue weighted by Crippen LogP contribution is 2.25. The Bertz CT molecular complexity index is 762. The number of nitrogens with zero attached hydrogens (tertiary/aromatic N) is 1. The number of alkyl carbamates (subject to hydrolysis) is 1. The zero-order valence-electron chi connectivity index (χ0n) is 13.3. The molecule has 24 heavy (non-hydrogen) atoms. The van der Waals surface area contributed by atoms with Crippen molar-refractivity contribution in [2.45, 2.75) is 0 Å². The van der Waals surface area contributed by atoms with Gasteiger partial charge in [0.1, 0.15) is 5.75 Å². The molecule has 7 heteroatoms. The van der Waals surface area contributed by atoms with Crippen molar-refractivity contribution in [2.75, 3.05) is 19.5 Å². The first kappa shape index (κ1) is 17.4. The molecule has 0 atom stereocenters. The Hall–Kier alpha value is -2.93. The number of ether oxygens (including phenoxy) is 2. The van der Waals surface area contributed by atoms with Crippen molar-refractivity contribution < 1.29 is 14.3 Å².